The summed E-state index contributed by atoms with van der Waals surface area (Å²) in [4.78, 5) is 27.3. The first-order valence-electron chi connectivity index (χ1n) is 5.85. The quantitative estimate of drug-likeness (QED) is 0.809. The molecular weight excluding hydrogens is 344 g/mol. The van der Waals surface area contributed by atoms with Gasteiger partial charge in [0.2, 0.25) is 0 Å². The number of hydrogen-bond donors (Lipinski definition) is 2. The second kappa shape index (κ2) is 6.71. The summed E-state index contributed by atoms with van der Waals surface area (Å²) >= 11 is 4.76. The van der Waals surface area contributed by atoms with Gasteiger partial charge in [-0.15, -0.1) is 11.3 Å². The third-order valence-electron chi connectivity index (χ3n) is 2.68. The van der Waals surface area contributed by atoms with Crippen LogP contribution in [0.15, 0.2) is 34.2 Å². The lowest BCUT2D eigenvalue weighted by atomic mass is 10.1. The Labute approximate surface area is 128 Å². The zero-order valence-corrected chi connectivity index (χ0v) is 13.1. The van der Waals surface area contributed by atoms with Gasteiger partial charge in [-0.3, -0.25) is 9.59 Å². The molecule has 2 aromatic heterocycles. The van der Waals surface area contributed by atoms with Gasteiger partial charge in [-0.1, -0.05) is 6.07 Å². The number of methoxy groups -OCH3 is 1. The molecule has 106 valence electrons. The fourth-order valence-corrected chi connectivity index (χ4v) is 2.82. The van der Waals surface area contributed by atoms with E-state index in [4.69, 9.17) is 0 Å². The summed E-state index contributed by atoms with van der Waals surface area (Å²) in [6.45, 7) is 0. The number of halogens is 1. The predicted octanol–water partition coefficient (Wildman–Crippen LogP) is 2.87. The predicted molar refractivity (Wildman–Crippen MR) is 79.7 cm³/mol. The lowest BCUT2D eigenvalue weighted by Crippen LogP contribution is -2.30. The number of nitrogens with one attached hydrogen (secondary N) is 2. The molecule has 0 fully saturated rings. The first-order chi connectivity index (χ1) is 9.60. The van der Waals surface area contributed by atoms with E-state index in [0.29, 0.717) is 5.69 Å². The summed E-state index contributed by atoms with van der Waals surface area (Å²) in [5, 5.41) is 4.73. The molecule has 20 heavy (non-hydrogen) atoms. The average Bonchev–Trinajstić information content (AvgIpc) is 3.08. The minimum atomic E-state index is -0.392. The van der Waals surface area contributed by atoms with Crippen LogP contribution in [0.2, 0.25) is 0 Å². The van der Waals surface area contributed by atoms with Crippen LogP contribution in [0.5, 0.6) is 0 Å². The van der Waals surface area contributed by atoms with Gasteiger partial charge in [0.15, 0.2) is 0 Å². The van der Waals surface area contributed by atoms with Crippen LogP contribution >= 0.6 is 27.3 Å². The Morgan fingerprint density at radius 2 is 2.35 bits per heavy atom. The lowest BCUT2D eigenvalue weighted by molar-refractivity contribution is -0.141. The van der Waals surface area contributed by atoms with Crippen molar-refractivity contribution in [1.29, 1.82) is 0 Å². The van der Waals surface area contributed by atoms with Crippen molar-refractivity contribution in [3.05, 3.63) is 44.8 Å². The SMILES string of the molecule is COC(=O)C[C@@H](NC(=O)c1cc(Br)c[nH]1)c1cccs1. The Morgan fingerprint density at radius 1 is 1.55 bits per heavy atom. The van der Waals surface area contributed by atoms with Crippen LogP contribution in [0.3, 0.4) is 0 Å². The Balaban J connectivity index is 2.11. The molecule has 2 rings (SSSR count). The normalized spacial score (nSPS) is 11.9. The van der Waals surface area contributed by atoms with Crippen LogP contribution in [0.25, 0.3) is 0 Å². The second-order valence-electron chi connectivity index (χ2n) is 4.05. The number of carbonyl (C=O) groups excluding carboxylic acids is 2. The highest BCUT2D eigenvalue weighted by molar-refractivity contribution is 9.10. The number of thiophene rings is 1. The average molecular weight is 357 g/mol. The second-order valence-corrected chi connectivity index (χ2v) is 5.95. The zero-order valence-electron chi connectivity index (χ0n) is 10.7. The van der Waals surface area contributed by atoms with Gasteiger partial charge in [-0.25, -0.2) is 0 Å². The molecule has 1 amide bonds. The number of aromatic nitrogens is 1. The standard InChI is InChI=1S/C13H13BrN2O3S/c1-19-12(17)6-9(11-3-2-4-20-11)16-13(18)10-5-8(14)7-15-10/h2-5,7,9,15H,6H2,1H3,(H,16,18)/t9-/m1/s1. The van der Waals surface area contributed by atoms with Gasteiger partial charge in [0.05, 0.1) is 19.6 Å². The number of ether oxygens (including phenoxy) is 1. The molecule has 1 atom stereocenters. The molecule has 0 aromatic carbocycles. The third-order valence-corrected chi connectivity index (χ3v) is 4.13. The molecule has 2 heterocycles. The third kappa shape index (κ3) is 3.71. The molecule has 0 aliphatic heterocycles. The van der Waals surface area contributed by atoms with Crippen molar-refractivity contribution in [2.45, 2.75) is 12.5 Å². The maximum absolute atomic E-state index is 12.1. The molecule has 0 aliphatic rings. The van der Waals surface area contributed by atoms with Crippen LogP contribution in [0.4, 0.5) is 0 Å². The topological polar surface area (TPSA) is 71.2 Å². The summed E-state index contributed by atoms with van der Waals surface area (Å²) in [6.07, 6.45) is 1.78. The molecule has 5 nitrogen and oxygen atoms in total. The Kier molecular flexibility index (Phi) is 4.97. The summed E-state index contributed by atoms with van der Waals surface area (Å²) in [6, 6.07) is 5.04. The highest BCUT2D eigenvalue weighted by Crippen LogP contribution is 2.23. The van der Waals surface area contributed by atoms with E-state index in [1.807, 2.05) is 17.5 Å². The van der Waals surface area contributed by atoms with E-state index in [2.05, 4.69) is 31.0 Å². The Bertz CT molecular complexity index is 595. The lowest BCUT2D eigenvalue weighted by Gasteiger charge is -2.15. The smallest absolute Gasteiger partial charge is 0.307 e. The van der Waals surface area contributed by atoms with E-state index in [9.17, 15) is 9.59 Å². The molecule has 0 unspecified atom stereocenters. The van der Waals surface area contributed by atoms with E-state index in [0.717, 1.165) is 9.35 Å². The summed E-state index contributed by atoms with van der Waals surface area (Å²) in [5.41, 5.74) is 0.434. The number of amides is 1. The van der Waals surface area contributed by atoms with Crippen LogP contribution < -0.4 is 5.32 Å². The summed E-state index contributed by atoms with van der Waals surface area (Å²) < 4.78 is 5.46. The number of hydrogen-bond acceptors (Lipinski definition) is 4. The van der Waals surface area contributed by atoms with E-state index in [1.165, 1.54) is 18.4 Å². The van der Waals surface area contributed by atoms with Crippen LogP contribution in [0.1, 0.15) is 27.8 Å². The van der Waals surface area contributed by atoms with Crippen molar-refractivity contribution in [2.24, 2.45) is 0 Å². The summed E-state index contributed by atoms with van der Waals surface area (Å²) in [5.74, 6) is -0.630. The fourth-order valence-electron chi connectivity index (χ4n) is 1.70. The first-order valence-corrected chi connectivity index (χ1v) is 7.52. The number of H-pyrrole nitrogens is 1. The molecule has 0 radical (unpaired) electrons. The van der Waals surface area contributed by atoms with Crippen LogP contribution in [-0.4, -0.2) is 24.0 Å². The number of esters is 1. The van der Waals surface area contributed by atoms with Crippen molar-refractivity contribution in [2.75, 3.05) is 7.11 Å². The maximum Gasteiger partial charge on any atom is 0.307 e. The van der Waals surface area contributed by atoms with E-state index >= 15 is 0 Å². The molecule has 2 aromatic rings. The molecule has 0 saturated heterocycles. The molecule has 0 aliphatic carbocycles. The number of aromatic amines is 1. The van der Waals surface area contributed by atoms with E-state index in [-0.39, 0.29) is 18.3 Å². The van der Waals surface area contributed by atoms with Crippen molar-refractivity contribution in [1.82, 2.24) is 10.3 Å². The van der Waals surface area contributed by atoms with Gasteiger partial charge in [-0.05, 0) is 33.4 Å². The minimum Gasteiger partial charge on any atom is -0.469 e. The van der Waals surface area contributed by atoms with E-state index in [1.54, 1.807) is 12.3 Å². The van der Waals surface area contributed by atoms with Crippen molar-refractivity contribution >= 4 is 39.1 Å². The molecule has 0 spiro atoms. The molecule has 7 heteroatoms. The van der Waals surface area contributed by atoms with E-state index < -0.39 is 6.04 Å². The number of carbonyl (C=O) groups is 2. The Morgan fingerprint density at radius 3 is 2.90 bits per heavy atom. The van der Waals surface area contributed by atoms with Gasteiger partial charge in [0.25, 0.3) is 5.91 Å². The highest BCUT2D eigenvalue weighted by Gasteiger charge is 2.21. The highest BCUT2D eigenvalue weighted by atomic mass is 79.9. The fraction of sp³-hybridized carbons (Fsp3) is 0.231. The first kappa shape index (κ1) is 14.8. The molecule has 0 bridgehead atoms. The van der Waals surface area contributed by atoms with Crippen LogP contribution in [0, 0.1) is 0 Å². The van der Waals surface area contributed by atoms with Gasteiger partial charge >= 0.3 is 5.97 Å². The molecular formula is C13H13BrN2O3S. The van der Waals surface area contributed by atoms with Crippen molar-refractivity contribution < 1.29 is 14.3 Å². The van der Waals surface area contributed by atoms with Crippen molar-refractivity contribution in [3.63, 3.8) is 0 Å². The summed E-state index contributed by atoms with van der Waals surface area (Å²) in [7, 11) is 1.33. The Hall–Kier alpha value is -1.60. The van der Waals surface area contributed by atoms with Gasteiger partial charge < -0.3 is 15.0 Å². The molecule has 0 saturated carbocycles. The minimum absolute atomic E-state index is 0.102. The van der Waals surface area contributed by atoms with Gasteiger partial charge in [0.1, 0.15) is 5.69 Å². The van der Waals surface area contributed by atoms with Gasteiger partial charge in [-0.2, -0.15) is 0 Å². The van der Waals surface area contributed by atoms with Crippen molar-refractivity contribution in [3.8, 4) is 0 Å². The zero-order chi connectivity index (χ0) is 14.5. The largest absolute Gasteiger partial charge is 0.469 e. The molecule has 2 N–H and O–H groups in total. The number of rotatable bonds is 5. The monoisotopic (exact) mass is 356 g/mol. The van der Waals surface area contributed by atoms with Crippen LogP contribution in [-0.2, 0) is 9.53 Å². The van der Waals surface area contributed by atoms with Gasteiger partial charge in [0, 0.05) is 15.5 Å². The maximum atomic E-state index is 12.1.